The van der Waals surface area contributed by atoms with Crippen molar-refractivity contribution in [1.82, 2.24) is 0 Å². The van der Waals surface area contributed by atoms with Gasteiger partial charge in [0.1, 0.15) is 19.3 Å². The maximum absolute atomic E-state index is 13.1. The summed E-state index contributed by atoms with van der Waals surface area (Å²) in [5.74, 6) is -2.36. The topological polar surface area (TPSA) is 237 Å². The van der Waals surface area contributed by atoms with Crippen LogP contribution >= 0.6 is 15.6 Å². The van der Waals surface area contributed by atoms with Gasteiger partial charge in [-0.15, -0.1) is 0 Å². The number of carbonyl (C=O) groups is 4. The van der Waals surface area contributed by atoms with Gasteiger partial charge < -0.3 is 33.8 Å². The first kappa shape index (κ1) is 106. The Hall–Kier alpha value is -6.10. The van der Waals surface area contributed by atoms with E-state index in [1.54, 1.807) is 0 Å². The number of hydrogen-bond acceptors (Lipinski definition) is 15. The van der Waals surface area contributed by atoms with Crippen molar-refractivity contribution in [2.45, 2.75) is 329 Å². The van der Waals surface area contributed by atoms with Gasteiger partial charge in [0, 0.05) is 25.7 Å². The summed E-state index contributed by atoms with van der Waals surface area (Å²) in [6.45, 7) is 4.38. The fourth-order valence-corrected chi connectivity index (χ4v) is 12.3. The molecule has 5 atom stereocenters. The summed E-state index contributed by atoms with van der Waals surface area (Å²) in [5, 5.41) is 10.7. The van der Waals surface area contributed by atoms with Crippen LogP contribution in [0.4, 0.5) is 0 Å². The van der Waals surface area contributed by atoms with Crippen LogP contribution in [0, 0.1) is 0 Å². The van der Waals surface area contributed by atoms with Crippen LogP contribution in [-0.4, -0.2) is 96.7 Å². The SMILES string of the molecule is CC/C=C\C/C=C\C/C=C\C/C=C\C/C=C\C/C=C\CCC(=O)OCC(COP(=O)(O)OCC(O)COP(=O)(O)OCC(COC(=O)CCCCC/C=C\C/C=C\C/C=C\C/C=C\C/C=C\CC)OC(=O)CCCCC/C=C\C/C=C\C/C=C\C/C=C\C/C=C\CC)OC(=O)CCCCCCCCCCCCCCCCC. The Bertz CT molecular complexity index is 2890. The molecule has 0 rings (SSSR count). The third kappa shape index (κ3) is 81.9. The molecule has 0 saturated carbocycles. The quantitative estimate of drug-likeness (QED) is 0.0169. The van der Waals surface area contributed by atoms with Crippen LogP contribution in [0.25, 0.3) is 0 Å². The van der Waals surface area contributed by atoms with E-state index in [0.717, 1.165) is 161 Å². The maximum Gasteiger partial charge on any atom is 0.472 e. The van der Waals surface area contributed by atoms with Gasteiger partial charge in [-0.3, -0.25) is 37.3 Å². The predicted molar refractivity (Wildman–Crippen MR) is 463 cm³/mol. The molecule has 0 aromatic carbocycles. The van der Waals surface area contributed by atoms with Crippen molar-refractivity contribution in [3.63, 3.8) is 0 Å². The van der Waals surface area contributed by atoms with Crippen molar-refractivity contribution in [2.75, 3.05) is 39.6 Å². The summed E-state index contributed by atoms with van der Waals surface area (Å²) < 4.78 is 68.7. The molecule has 634 valence electrons. The molecule has 0 bridgehead atoms. The number of hydrogen-bond donors (Lipinski definition) is 3. The van der Waals surface area contributed by atoms with Gasteiger partial charge in [0.2, 0.25) is 0 Å². The highest BCUT2D eigenvalue weighted by molar-refractivity contribution is 7.47. The maximum atomic E-state index is 13.1. The molecule has 0 amide bonds. The lowest BCUT2D eigenvalue weighted by Gasteiger charge is -2.21. The second-order valence-electron chi connectivity index (χ2n) is 27.6. The van der Waals surface area contributed by atoms with E-state index in [9.17, 15) is 43.2 Å². The van der Waals surface area contributed by atoms with Crippen LogP contribution in [0.2, 0.25) is 0 Å². The Balaban J connectivity index is 5.53. The summed E-state index contributed by atoms with van der Waals surface area (Å²) in [4.78, 5) is 73.3. The largest absolute Gasteiger partial charge is 0.472 e. The van der Waals surface area contributed by atoms with E-state index in [0.29, 0.717) is 32.1 Å². The molecule has 112 heavy (non-hydrogen) atoms. The van der Waals surface area contributed by atoms with Crippen molar-refractivity contribution < 1.29 is 80.2 Å². The smallest absolute Gasteiger partial charge is 0.462 e. The number of allylic oxidation sites excluding steroid dienone is 32. The molecule has 3 N–H and O–H groups in total. The molecule has 0 aliphatic carbocycles. The van der Waals surface area contributed by atoms with Gasteiger partial charge in [-0.1, -0.05) is 325 Å². The molecule has 0 spiro atoms. The van der Waals surface area contributed by atoms with Crippen LogP contribution in [0.1, 0.15) is 310 Å². The zero-order valence-corrected chi connectivity index (χ0v) is 71.3. The number of rotatable bonds is 78. The molecule has 19 heteroatoms. The fraction of sp³-hybridized carbons (Fsp3) is 0.613. The van der Waals surface area contributed by atoms with Crippen molar-refractivity contribution >= 4 is 39.5 Å². The van der Waals surface area contributed by atoms with Crippen LogP contribution < -0.4 is 0 Å². The number of esters is 4. The van der Waals surface area contributed by atoms with E-state index in [1.807, 2.05) is 18.2 Å². The fourth-order valence-electron chi connectivity index (χ4n) is 10.7. The third-order valence-corrected chi connectivity index (χ3v) is 19.0. The second kappa shape index (κ2) is 82.9. The van der Waals surface area contributed by atoms with E-state index in [4.69, 9.17) is 37.0 Å². The number of aliphatic hydroxyl groups is 1. The molecule has 0 fully saturated rings. The number of phosphoric acid groups is 2. The molecule has 5 unspecified atom stereocenters. The molecule has 0 aromatic rings. The van der Waals surface area contributed by atoms with Crippen molar-refractivity contribution in [3.05, 3.63) is 194 Å². The number of carbonyl (C=O) groups excluding carboxylic acids is 4. The van der Waals surface area contributed by atoms with Crippen LogP contribution in [0.3, 0.4) is 0 Å². The molecule has 0 saturated heterocycles. The number of unbranched alkanes of at least 4 members (excludes halogenated alkanes) is 20. The monoisotopic (exact) mass is 1600 g/mol. The summed E-state index contributed by atoms with van der Waals surface area (Å²) >= 11 is 0. The molecular formula is C93H150O17P2. The summed E-state index contributed by atoms with van der Waals surface area (Å²) in [6, 6.07) is 0. The lowest BCUT2D eigenvalue weighted by atomic mass is 10.0. The zero-order chi connectivity index (χ0) is 81.7. The lowest BCUT2D eigenvalue weighted by molar-refractivity contribution is -0.161. The van der Waals surface area contributed by atoms with Crippen molar-refractivity contribution in [2.24, 2.45) is 0 Å². The van der Waals surface area contributed by atoms with Crippen LogP contribution in [0.15, 0.2) is 194 Å². The molecule has 0 aliphatic heterocycles. The average molecular weight is 1600 g/mol. The standard InChI is InChI=1S/C93H150O17P2/c1-5-9-13-17-21-25-29-33-37-40-43-46-50-53-57-61-65-69-73-77-90(95)103-83-88(109-92(97)79-75-71-67-63-59-55-49-36-32-28-24-20-16-12-8-4)85-107-111(99,100)105-81-87(94)82-106-112(101,102)108-86-89(110-93(98)80-76-72-68-64-60-56-52-48-45-42-39-35-31-27-23-19-15-11-7-3)84-104-91(96)78-74-70-66-62-58-54-51-47-44-41-38-34-30-26-22-18-14-10-6-2/h9-11,13-15,21-23,25-27,33-35,37-39,43-48,53-54,56-58,60,65,69,87-89,94H,5-8,12,16-20,24,28-32,36,40-42,49-52,55,59,61-64,66-68,70-86H2,1-4H3,(H,99,100)(H,101,102)/b13-9-,14-10-,15-11-,25-21-,26-22-,27-23-,37-33-,38-34-,39-35-,46-43-,47-44-,48-45-,57-53-,58-54-,60-56-,69-65-. The van der Waals surface area contributed by atoms with Crippen molar-refractivity contribution in [1.29, 1.82) is 0 Å². The van der Waals surface area contributed by atoms with E-state index >= 15 is 0 Å². The van der Waals surface area contributed by atoms with E-state index in [-0.39, 0.29) is 25.7 Å². The molecule has 17 nitrogen and oxygen atoms in total. The Kier molecular flexibility index (Phi) is 78.4. The predicted octanol–water partition coefficient (Wildman–Crippen LogP) is 25.7. The highest BCUT2D eigenvalue weighted by Gasteiger charge is 2.30. The second-order valence-corrected chi connectivity index (χ2v) is 30.5. The Morgan fingerprint density at radius 1 is 0.259 bits per heavy atom. The minimum atomic E-state index is -5.01. The van der Waals surface area contributed by atoms with Gasteiger partial charge in [-0.2, -0.15) is 0 Å². The van der Waals surface area contributed by atoms with Gasteiger partial charge in [0.05, 0.1) is 26.4 Å². The Labute approximate surface area is 678 Å². The van der Waals surface area contributed by atoms with Gasteiger partial charge in [0.15, 0.2) is 12.2 Å². The molecular weight excluding hydrogens is 1450 g/mol. The third-order valence-electron chi connectivity index (χ3n) is 17.1. The molecule has 0 radical (unpaired) electrons. The highest BCUT2D eigenvalue weighted by atomic mass is 31.2. The van der Waals surface area contributed by atoms with Crippen LogP contribution in [-0.2, 0) is 65.4 Å². The van der Waals surface area contributed by atoms with E-state index < -0.39 is 97.5 Å². The van der Waals surface area contributed by atoms with Crippen molar-refractivity contribution in [3.8, 4) is 0 Å². The minimum absolute atomic E-state index is 0.0304. The van der Waals surface area contributed by atoms with Gasteiger partial charge in [-0.25, -0.2) is 9.13 Å². The van der Waals surface area contributed by atoms with Gasteiger partial charge in [-0.05, 0) is 154 Å². The summed E-state index contributed by atoms with van der Waals surface area (Å²) in [5.41, 5.74) is 0. The Morgan fingerprint density at radius 2 is 0.482 bits per heavy atom. The minimum Gasteiger partial charge on any atom is -0.462 e. The van der Waals surface area contributed by atoms with E-state index in [1.165, 1.54) is 64.2 Å². The Morgan fingerprint density at radius 3 is 0.768 bits per heavy atom. The van der Waals surface area contributed by atoms with E-state index in [2.05, 4.69) is 204 Å². The summed E-state index contributed by atoms with van der Waals surface area (Å²) in [6.07, 6.45) is 103. The first-order valence-electron chi connectivity index (χ1n) is 42.7. The number of phosphoric ester groups is 2. The highest BCUT2D eigenvalue weighted by Crippen LogP contribution is 2.45. The normalized spacial score (nSPS) is 14.7. The number of aliphatic hydroxyl groups excluding tert-OH is 1. The zero-order valence-electron chi connectivity index (χ0n) is 69.5. The lowest BCUT2D eigenvalue weighted by Crippen LogP contribution is -2.30. The molecule has 0 aliphatic rings. The number of ether oxygens (including phenoxy) is 4. The first-order valence-corrected chi connectivity index (χ1v) is 45.7. The van der Waals surface area contributed by atoms with Crippen LogP contribution in [0.5, 0.6) is 0 Å². The molecule has 0 heterocycles. The van der Waals surface area contributed by atoms with Gasteiger partial charge >= 0.3 is 39.5 Å². The summed E-state index contributed by atoms with van der Waals surface area (Å²) in [7, 11) is -10.0. The first-order chi connectivity index (χ1) is 54.7. The average Bonchev–Trinajstić information content (AvgIpc) is 0.898. The van der Waals surface area contributed by atoms with Gasteiger partial charge in [0.25, 0.3) is 0 Å². The molecule has 0 aromatic heterocycles.